The summed E-state index contributed by atoms with van der Waals surface area (Å²) in [6.45, 7) is 3.93. The molecular formula is C18H21NO3. The van der Waals surface area contributed by atoms with Gasteiger partial charge in [-0.05, 0) is 47.2 Å². The summed E-state index contributed by atoms with van der Waals surface area (Å²) in [5.41, 5.74) is 10.3. The van der Waals surface area contributed by atoms with Crippen molar-refractivity contribution in [3.8, 4) is 5.75 Å². The van der Waals surface area contributed by atoms with Crippen molar-refractivity contribution in [2.45, 2.75) is 26.2 Å². The van der Waals surface area contributed by atoms with Gasteiger partial charge in [0.05, 0.1) is 0 Å². The van der Waals surface area contributed by atoms with Gasteiger partial charge in [0.15, 0.2) is 6.61 Å². The predicted molar refractivity (Wildman–Crippen MR) is 87.3 cm³/mol. The predicted octanol–water partition coefficient (Wildman–Crippen LogP) is 3.45. The highest BCUT2D eigenvalue weighted by atomic mass is 16.5. The number of nitrogen functional groups attached to an aromatic ring is 1. The minimum atomic E-state index is -0.979. The lowest BCUT2D eigenvalue weighted by molar-refractivity contribution is -0.139. The van der Waals surface area contributed by atoms with E-state index in [0.717, 1.165) is 17.7 Å². The highest BCUT2D eigenvalue weighted by molar-refractivity contribution is 5.68. The number of carboxylic acid groups (broad SMARTS) is 1. The van der Waals surface area contributed by atoms with Crippen LogP contribution in [0.25, 0.3) is 0 Å². The number of rotatable bonds is 6. The molecule has 0 amide bonds. The van der Waals surface area contributed by atoms with Gasteiger partial charge in [0.25, 0.3) is 0 Å². The zero-order valence-electron chi connectivity index (χ0n) is 12.9. The van der Waals surface area contributed by atoms with E-state index in [1.807, 2.05) is 24.3 Å². The van der Waals surface area contributed by atoms with Gasteiger partial charge < -0.3 is 15.6 Å². The van der Waals surface area contributed by atoms with Crippen LogP contribution in [0, 0.1) is 0 Å². The molecule has 0 aliphatic carbocycles. The van der Waals surface area contributed by atoms with E-state index in [4.69, 9.17) is 15.6 Å². The SMILES string of the molecule is CC(C)c1cc(Cc2ccc(OCC(=O)O)cc2)ccc1N. The molecule has 2 rings (SSSR count). The Kier molecular flexibility index (Phi) is 5.04. The first-order valence-electron chi connectivity index (χ1n) is 7.27. The molecular weight excluding hydrogens is 278 g/mol. The molecule has 2 aromatic rings. The van der Waals surface area contributed by atoms with Gasteiger partial charge in [-0.3, -0.25) is 0 Å². The van der Waals surface area contributed by atoms with Crippen LogP contribution in [-0.4, -0.2) is 17.7 Å². The molecule has 116 valence electrons. The second-order valence-corrected chi connectivity index (χ2v) is 5.62. The van der Waals surface area contributed by atoms with Crippen LogP contribution in [0.5, 0.6) is 5.75 Å². The van der Waals surface area contributed by atoms with Crippen molar-refractivity contribution in [2.75, 3.05) is 12.3 Å². The first kappa shape index (κ1) is 15.9. The molecule has 0 fully saturated rings. The third-order valence-corrected chi connectivity index (χ3v) is 3.47. The number of carboxylic acids is 1. The molecule has 0 bridgehead atoms. The van der Waals surface area contributed by atoms with Gasteiger partial charge in [-0.2, -0.15) is 0 Å². The number of ether oxygens (including phenoxy) is 1. The Balaban J connectivity index is 2.07. The molecule has 4 nitrogen and oxygen atoms in total. The summed E-state index contributed by atoms with van der Waals surface area (Å²) in [7, 11) is 0. The summed E-state index contributed by atoms with van der Waals surface area (Å²) in [5, 5.41) is 8.58. The maximum Gasteiger partial charge on any atom is 0.341 e. The highest BCUT2D eigenvalue weighted by Crippen LogP contribution is 2.24. The van der Waals surface area contributed by atoms with Gasteiger partial charge in [-0.25, -0.2) is 4.79 Å². The van der Waals surface area contributed by atoms with Crippen LogP contribution in [0.15, 0.2) is 42.5 Å². The average molecular weight is 299 g/mol. The molecule has 0 saturated carbocycles. The fourth-order valence-corrected chi connectivity index (χ4v) is 2.32. The standard InChI is InChI=1S/C18H21NO3/c1-12(2)16-10-14(5-8-17(16)19)9-13-3-6-15(7-4-13)22-11-18(20)21/h3-8,10,12H,9,11,19H2,1-2H3,(H,20,21). The first-order valence-corrected chi connectivity index (χ1v) is 7.27. The second kappa shape index (κ2) is 6.98. The summed E-state index contributed by atoms with van der Waals surface area (Å²) in [6, 6.07) is 13.6. The lowest BCUT2D eigenvalue weighted by Crippen LogP contribution is -2.09. The third-order valence-electron chi connectivity index (χ3n) is 3.47. The minimum Gasteiger partial charge on any atom is -0.482 e. The van der Waals surface area contributed by atoms with Gasteiger partial charge >= 0.3 is 5.97 Å². The summed E-state index contributed by atoms with van der Waals surface area (Å²) in [4.78, 5) is 10.5. The number of benzene rings is 2. The topological polar surface area (TPSA) is 72.5 Å². The third kappa shape index (κ3) is 4.25. The largest absolute Gasteiger partial charge is 0.482 e. The van der Waals surface area contributed by atoms with Crippen LogP contribution in [0.1, 0.15) is 36.5 Å². The Morgan fingerprint density at radius 3 is 2.36 bits per heavy atom. The fourth-order valence-electron chi connectivity index (χ4n) is 2.32. The summed E-state index contributed by atoms with van der Waals surface area (Å²) in [6.07, 6.45) is 0.805. The van der Waals surface area contributed by atoms with Crippen LogP contribution in [0.4, 0.5) is 5.69 Å². The van der Waals surface area contributed by atoms with Crippen LogP contribution < -0.4 is 10.5 Å². The van der Waals surface area contributed by atoms with Gasteiger partial charge in [0, 0.05) is 5.69 Å². The Morgan fingerprint density at radius 1 is 1.14 bits per heavy atom. The molecule has 0 unspecified atom stereocenters. The molecule has 0 aliphatic rings. The van der Waals surface area contributed by atoms with Gasteiger partial charge in [0.2, 0.25) is 0 Å². The van der Waals surface area contributed by atoms with E-state index < -0.39 is 5.97 Å². The van der Waals surface area contributed by atoms with E-state index >= 15 is 0 Å². The number of anilines is 1. The number of aliphatic carboxylic acids is 1. The van der Waals surface area contributed by atoms with Crippen molar-refractivity contribution >= 4 is 11.7 Å². The van der Waals surface area contributed by atoms with Crippen LogP contribution in [-0.2, 0) is 11.2 Å². The lowest BCUT2D eigenvalue weighted by atomic mass is 9.96. The first-order chi connectivity index (χ1) is 10.5. The molecule has 0 aliphatic heterocycles. The molecule has 2 aromatic carbocycles. The zero-order chi connectivity index (χ0) is 16.1. The van der Waals surface area contributed by atoms with Crippen LogP contribution >= 0.6 is 0 Å². The van der Waals surface area contributed by atoms with Crippen molar-refractivity contribution in [1.82, 2.24) is 0 Å². The van der Waals surface area contributed by atoms with E-state index in [1.165, 1.54) is 11.1 Å². The number of hydrogen-bond donors (Lipinski definition) is 2. The lowest BCUT2D eigenvalue weighted by Gasteiger charge is -2.12. The van der Waals surface area contributed by atoms with E-state index in [0.29, 0.717) is 11.7 Å². The Labute approximate surface area is 130 Å². The van der Waals surface area contributed by atoms with E-state index in [-0.39, 0.29) is 6.61 Å². The maximum atomic E-state index is 10.5. The quantitative estimate of drug-likeness (QED) is 0.801. The van der Waals surface area contributed by atoms with E-state index in [1.54, 1.807) is 12.1 Å². The van der Waals surface area contributed by atoms with Gasteiger partial charge in [0.1, 0.15) is 5.75 Å². The average Bonchev–Trinajstić information content (AvgIpc) is 2.48. The zero-order valence-corrected chi connectivity index (χ0v) is 12.9. The van der Waals surface area contributed by atoms with Crippen molar-refractivity contribution in [3.05, 3.63) is 59.2 Å². The Bertz CT molecular complexity index is 648. The summed E-state index contributed by atoms with van der Waals surface area (Å²) >= 11 is 0. The Hall–Kier alpha value is -2.49. The monoisotopic (exact) mass is 299 g/mol. The van der Waals surface area contributed by atoms with Crippen LogP contribution in [0.2, 0.25) is 0 Å². The minimum absolute atomic E-state index is 0.324. The van der Waals surface area contributed by atoms with E-state index in [2.05, 4.69) is 19.9 Å². The molecule has 0 aromatic heterocycles. The maximum absolute atomic E-state index is 10.5. The molecule has 0 atom stereocenters. The normalized spacial score (nSPS) is 10.7. The van der Waals surface area contributed by atoms with E-state index in [9.17, 15) is 4.79 Å². The van der Waals surface area contributed by atoms with Crippen molar-refractivity contribution in [1.29, 1.82) is 0 Å². The van der Waals surface area contributed by atoms with Crippen LogP contribution in [0.3, 0.4) is 0 Å². The van der Waals surface area contributed by atoms with Crippen molar-refractivity contribution in [3.63, 3.8) is 0 Å². The second-order valence-electron chi connectivity index (χ2n) is 5.62. The number of carbonyl (C=O) groups is 1. The molecule has 0 saturated heterocycles. The molecule has 22 heavy (non-hydrogen) atoms. The molecule has 0 radical (unpaired) electrons. The number of nitrogens with two attached hydrogens (primary N) is 1. The molecule has 0 spiro atoms. The van der Waals surface area contributed by atoms with Crippen molar-refractivity contribution in [2.24, 2.45) is 0 Å². The summed E-state index contributed by atoms with van der Waals surface area (Å²) < 4.78 is 5.12. The summed E-state index contributed by atoms with van der Waals surface area (Å²) in [5.74, 6) is -0.0229. The molecule has 3 N–H and O–H groups in total. The van der Waals surface area contributed by atoms with Gasteiger partial charge in [-0.15, -0.1) is 0 Å². The Morgan fingerprint density at radius 2 is 1.77 bits per heavy atom. The fraction of sp³-hybridized carbons (Fsp3) is 0.278. The van der Waals surface area contributed by atoms with Gasteiger partial charge in [-0.1, -0.05) is 38.1 Å². The molecule has 0 heterocycles. The molecule has 4 heteroatoms. The smallest absolute Gasteiger partial charge is 0.341 e. The highest BCUT2D eigenvalue weighted by Gasteiger charge is 2.06. The number of hydrogen-bond acceptors (Lipinski definition) is 3. The van der Waals surface area contributed by atoms with Crippen molar-refractivity contribution < 1.29 is 14.6 Å².